The normalized spacial score (nSPS) is 10.2. The number of benzene rings is 2. The zero-order chi connectivity index (χ0) is 14.5. The number of aryl methyl sites for hydroxylation is 2. The lowest BCUT2D eigenvalue weighted by atomic mass is 10.1. The number of rotatable bonds is 4. The van der Waals surface area contributed by atoms with E-state index < -0.39 is 0 Å². The lowest BCUT2D eigenvalue weighted by Crippen LogP contribution is -2.20. The van der Waals surface area contributed by atoms with Crippen molar-refractivity contribution in [2.75, 3.05) is 11.9 Å². The molecule has 0 aliphatic heterocycles. The van der Waals surface area contributed by atoms with Crippen LogP contribution in [-0.2, 0) is 4.79 Å². The van der Waals surface area contributed by atoms with E-state index in [0.29, 0.717) is 10.8 Å². The molecule has 2 aromatic carbocycles. The molecule has 0 saturated carbocycles. The molecular formula is C16H16ClNO2. The molecule has 0 bridgehead atoms. The van der Waals surface area contributed by atoms with Gasteiger partial charge in [-0.1, -0.05) is 35.9 Å². The molecule has 104 valence electrons. The lowest BCUT2D eigenvalue weighted by molar-refractivity contribution is -0.118. The zero-order valence-electron chi connectivity index (χ0n) is 11.4. The number of ether oxygens (including phenoxy) is 1. The van der Waals surface area contributed by atoms with Gasteiger partial charge in [0, 0.05) is 5.69 Å². The standard InChI is InChI=1S/C16H16ClNO2/c1-11-8-12(2)16(14(17)9-11)20-10-15(19)18-13-6-4-3-5-7-13/h3-9H,10H2,1-2H3,(H,18,19). The Morgan fingerprint density at radius 2 is 1.90 bits per heavy atom. The van der Waals surface area contributed by atoms with Crippen molar-refractivity contribution in [1.29, 1.82) is 0 Å². The maximum atomic E-state index is 11.8. The SMILES string of the molecule is Cc1cc(C)c(OCC(=O)Nc2ccccc2)c(Cl)c1. The third-order valence-electron chi connectivity index (χ3n) is 2.78. The Labute approximate surface area is 123 Å². The summed E-state index contributed by atoms with van der Waals surface area (Å²) in [6.07, 6.45) is 0. The lowest BCUT2D eigenvalue weighted by Gasteiger charge is -2.12. The van der Waals surface area contributed by atoms with E-state index in [1.54, 1.807) is 0 Å². The van der Waals surface area contributed by atoms with Crippen LogP contribution in [0.3, 0.4) is 0 Å². The quantitative estimate of drug-likeness (QED) is 0.925. The van der Waals surface area contributed by atoms with Gasteiger partial charge in [0.1, 0.15) is 5.75 Å². The van der Waals surface area contributed by atoms with Gasteiger partial charge in [-0.25, -0.2) is 0 Å². The first-order valence-electron chi connectivity index (χ1n) is 6.30. The summed E-state index contributed by atoms with van der Waals surface area (Å²) in [5, 5.41) is 3.28. The van der Waals surface area contributed by atoms with Crippen molar-refractivity contribution < 1.29 is 9.53 Å². The van der Waals surface area contributed by atoms with Crippen molar-refractivity contribution in [2.24, 2.45) is 0 Å². The van der Waals surface area contributed by atoms with Gasteiger partial charge in [-0.3, -0.25) is 4.79 Å². The molecule has 0 saturated heterocycles. The minimum absolute atomic E-state index is 0.0709. The summed E-state index contributed by atoms with van der Waals surface area (Å²) in [7, 11) is 0. The molecule has 3 nitrogen and oxygen atoms in total. The first-order chi connectivity index (χ1) is 9.56. The van der Waals surface area contributed by atoms with Crippen LogP contribution >= 0.6 is 11.6 Å². The maximum Gasteiger partial charge on any atom is 0.262 e. The molecule has 0 fully saturated rings. The Balaban J connectivity index is 1.97. The van der Waals surface area contributed by atoms with Gasteiger partial charge in [0.05, 0.1) is 5.02 Å². The summed E-state index contributed by atoms with van der Waals surface area (Å²) in [6, 6.07) is 13.0. The molecule has 20 heavy (non-hydrogen) atoms. The van der Waals surface area contributed by atoms with Crippen LogP contribution < -0.4 is 10.1 Å². The van der Waals surface area contributed by atoms with Crippen LogP contribution in [0.2, 0.25) is 5.02 Å². The highest BCUT2D eigenvalue weighted by Crippen LogP contribution is 2.29. The van der Waals surface area contributed by atoms with Gasteiger partial charge in [-0.15, -0.1) is 0 Å². The number of nitrogens with one attached hydrogen (secondary N) is 1. The second kappa shape index (κ2) is 6.44. The molecule has 0 aromatic heterocycles. The summed E-state index contributed by atoms with van der Waals surface area (Å²) >= 11 is 6.12. The molecule has 0 aliphatic rings. The van der Waals surface area contributed by atoms with E-state index in [0.717, 1.165) is 16.8 Å². The molecule has 0 spiro atoms. The third-order valence-corrected chi connectivity index (χ3v) is 3.06. The van der Waals surface area contributed by atoms with Gasteiger partial charge in [0.2, 0.25) is 0 Å². The van der Waals surface area contributed by atoms with Gasteiger partial charge in [-0.05, 0) is 43.2 Å². The highest BCUT2D eigenvalue weighted by Gasteiger charge is 2.09. The average Bonchev–Trinajstić information content (AvgIpc) is 2.38. The van der Waals surface area contributed by atoms with E-state index in [1.165, 1.54) is 0 Å². The van der Waals surface area contributed by atoms with Crippen molar-refractivity contribution in [3.8, 4) is 5.75 Å². The van der Waals surface area contributed by atoms with Crippen LogP contribution in [0, 0.1) is 13.8 Å². The Morgan fingerprint density at radius 1 is 1.20 bits per heavy atom. The van der Waals surface area contributed by atoms with Gasteiger partial charge < -0.3 is 10.1 Å². The highest BCUT2D eigenvalue weighted by molar-refractivity contribution is 6.32. The molecule has 0 radical (unpaired) electrons. The number of hydrogen-bond donors (Lipinski definition) is 1. The van der Waals surface area contributed by atoms with Crippen LogP contribution in [0.25, 0.3) is 0 Å². The largest absolute Gasteiger partial charge is 0.482 e. The second-order valence-electron chi connectivity index (χ2n) is 4.60. The van der Waals surface area contributed by atoms with Crippen molar-refractivity contribution in [1.82, 2.24) is 0 Å². The van der Waals surface area contributed by atoms with Crippen LogP contribution in [0.15, 0.2) is 42.5 Å². The predicted octanol–water partition coefficient (Wildman–Crippen LogP) is 3.97. The fraction of sp³-hybridized carbons (Fsp3) is 0.188. The van der Waals surface area contributed by atoms with Gasteiger partial charge in [-0.2, -0.15) is 0 Å². The molecule has 0 aliphatic carbocycles. The monoisotopic (exact) mass is 289 g/mol. The fourth-order valence-corrected chi connectivity index (χ4v) is 2.32. The average molecular weight is 290 g/mol. The summed E-state index contributed by atoms with van der Waals surface area (Å²) in [5.41, 5.74) is 2.73. The molecule has 2 rings (SSSR count). The fourth-order valence-electron chi connectivity index (χ4n) is 1.94. The van der Waals surface area contributed by atoms with Crippen LogP contribution in [0.1, 0.15) is 11.1 Å². The Morgan fingerprint density at radius 3 is 2.55 bits per heavy atom. The van der Waals surface area contributed by atoms with Gasteiger partial charge >= 0.3 is 0 Å². The first-order valence-corrected chi connectivity index (χ1v) is 6.68. The Hall–Kier alpha value is -2.00. The summed E-state index contributed by atoms with van der Waals surface area (Å²) < 4.78 is 5.51. The molecule has 4 heteroatoms. The second-order valence-corrected chi connectivity index (χ2v) is 5.00. The number of halogens is 1. The minimum atomic E-state index is -0.216. The predicted molar refractivity (Wildman–Crippen MR) is 81.5 cm³/mol. The molecule has 0 unspecified atom stereocenters. The maximum absolute atomic E-state index is 11.8. The van der Waals surface area contributed by atoms with E-state index in [4.69, 9.17) is 16.3 Å². The van der Waals surface area contributed by atoms with E-state index in [9.17, 15) is 4.79 Å². The first kappa shape index (κ1) is 14.4. The number of anilines is 1. The van der Waals surface area contributed by atoms with Gasteiger partial charge in [0.25, 0.3) is 5.91 Å². The molecule has 0 atom stereocenters. The van der Waals surface area contributed by atoms with Crippen molar-refractivity contribution in [3.63, 3.8) is 0 Å². The van der Waals surface area contributed by atoms with Crippen LogP contribution in [0.4, 0.5) is 5.69 Å². The Kier molecular flexibility index (Phi) is 4.64. The number of hydrogen-bond acceptors (Lipinski definition) is 2. The number of para-hydroxylation sites is 1. The topological polar surface area (TPSA) is 38.3 Å². The summed E-state index contributed by atoms with van der Waals surface area (Å²) in [6.45, 7) is 3.80. The summed E-state index contributed by atoms with van der Waals surface area (Å²) in [5.74, 6) is 0.340. The van der Waals surface area contributed by atoms with Crippen molar-refractivity contribution in [3.05, 3.63) is 58.6 Å². The Bertz CT molecular complexity index is 588. The van der Waals surface area contributed by atoms with E-state index in [1.807, 2.05) is 56.3 Å². The van der Waals surface area contributed by atoms with Crippen LogP contribution in [0.5, 0.6) is 5.75 Å². The van der Waals surface area contributed by atoms with Crippen molar-refractivity contribution in [2.45, 2.75) is 13.8 Å². The smallest absolute Gasteiger partial charge is 0.262 e. The van der Waals surface area contributed by atoms with E-state index in [2.05, 4.69) is 5.32 Å². The molecular weight excluding hydrogens is 274 g/mol. The van der Waals surface area contributed by atoms with E-state index >= 15 is 0 Å². The molecule has 1 N–H and O–H groups in total. The van der Waals surface area contributed by atoms with Crippen molar-refractivity contribution >= 4 is 23.2 Å². The number of carbonyl (C=O) groups excluding carboxylic acids is 1. The summed E-state index contributed by atoms with van der Waals surface area (Å²) in [4.78, 5) is 11.8. The van der Waals surface area contributed by atoms with Gasteiger partial charge in [0.15, 0.2) is 6.61 Å². The minimum Gasteiger partial charge on any atom is -0.482 e. The number of amides is 1. The molecule has 2 aromatic rings. The molecule has 0 heterocycles. The van der Waals surface area contributed by atoms with Crippen LogP contribution in [-0.4, -0.2) is 12.5 Å². The number of carbonyl (C=O) groups is 1. The van der Waals surface area contributed by atoms with E-state index in [-0.39, 0.29) is 12.5 Å². The highest BCUT2D eigenvalue weighted by atomic mass is 35.5. The zero-order valence-corrected chi connectivity index (χ0v) is 12.2. The third kappa shape index (κ3) is 3.75. The molecule has 1 amide bonds.